The molecule has 1 aromatic rings. The van der Waals surface area contributed by atoms with Crippen molar-refractivity contribution in [2.75, 3.05) is 11.9 Å². The van der Waals surface area contributed by atoms with Gasteiger partial charge < -0.3 is 10.1 Å². The van der Waals surface area contributed by atoms with E-state index in [4.69, 9.17) is 9.88 Å². The first-order valence-electron chi connectivity index (χ1n) is 5.75. The van der Waals surface area contributed by atoms with Crippen molar-refractivity contribution in [1.29, 1.82) is 0 Å². The summed E-state index contributed by atoms with van der Waals surface area (Å²) >= 11 is 0. The average Bonchev–Trinajstić information content (AvgIpc) is 2.23. The van der Waals surface area contributed by atoms with Crippen molar-refractivity contribution >= 4 is 21.6 Å². The van der Waals surface area contributed by atoms with Crippen LogP contribution in [-0.4, -0.2) is 26.5 Å². The Morgan fingerprint density at radius 1 is 1.40 bits per heavy atom. The number of carbonyl (C=O) groups excluding carboxylic acids is 1. The molecular formula is C12H17FN2O4S. The van der Waals surface area contributed by atoms with E-state index in [0.29, 0.717) is 0 Å². The van der Waals surface area contributed by atoms with Crippen molar-refractivity contribution in [3.8, 4) is 0 Å². The molecule has 0 saturated carbocycles. The number of rotatable bonds is 4. The lowest BCUT2D eigenvalue weighted by Gasteiger charge is -2.19. The molecule has 0 aliphatic heterocycles. The van der Waals surface area contributed by atoms with Crippen LogP contribution in [0, 0.1) is 5.82 Å². The SMILES string of the molecule is CC(C)(C)OCC(=O)Nc1ccc(S(N)(=O)=O)c(F)c1. The van der Waals surface area contributed by atoms with Crippen molar-refractivity contribution in [2.45, 2.75) is 31.3 Å². The van der Waals surface area contributed by atoms with Gasteiger partial charge in [-0.25, -0.2) is 17.9 Å². The number of halogens is 1. The van der Waals surface area contributed by atoms with Gasteiger partial charge in [0.1, 0.15) is 17.3 Å². The molecular weight excluding hydrogens is 287 g/mol. The minimum atomic E-state index is -4.12. The van der Waals surface area contributed by atoms with Crippen molar-refractivity contribution in [3.63, 3.8) is 0 Å². The van der Waals surface area contributed by atoms with Crippen LogP contribution in [0.25, 0.3) is 0 Å². The largest absolute Gasteiger partial charge is 0.366 e. The number of nitrogens with one attached hydrogen (secondary N) is 1. The smallest absolute Gasteiger partial charge is 0.250 e. The molecule has 1 aromatic carbocycles. The van der Waals surface area contributed by atoms with E-state index in [0.717, 1.165) is 12.1 Å². The first kappa shape index (κ1) is 16.5. The molecule has 0 atom stereocenters. The highest BCUT2D eigenvalue weighted by Crippen LogP contribution is 2.18. The minimum Gasteiger partial charge on any atom is -0.366 e. The number of hydrogen-bond acceptors (Lipinski definition) is 4. The van der Waals surface area contributed by atoms with Crippen LogP contribution < -0.4 is 10.5 Å². The molecule has 1 rings (SSSR count). The van der Waals surface area contributed by atoms with Gasteiger partial charge in [0.15, 0.2) is 0 Å². The summed E-state index contributed by atoms with van der Waals surface area (Å²) in [5.74, 6) is -1.50. The van der Waals surface area contributed by atoms with Gasteiger partial charge in [-0.05, 0) is 39.0 Å². The number of carbonyl (C=O) groups is 1. The van der Waals surface area contributed by atoms with Crippen LogP contribution in [0.5, 0.6) is 0 Å². The number of sulfonamides is 1. The van der Waals surface area contributed by atoms with Crippen molar-refractivity contribution < 1.29 is 22.3 Å². The Bertz CT molecular complexity index is 608. The standard InChI is InChI=1S/C12H17FN2O4S/c1-12(2,3)19-7-11(16)15-8-4-5-10(9(13)6-8)20(14,17)18/h4-6H,7H2,1-3H3,(H,15,16)(H2,14,17,18). The van der Waals surface area contributed by atoms with Gasteiger partial charge in [0.2, 0.25) is 15.9 Å². The van der Waals surface area contributed by atoms with Gasteiger partial charge in [0.05, 0.1) is 5.60 Å². The highest BCUT2D eigenvalue weighted by atomic mass is 32.2. The predicted octanol–water partition coefficient (Wildman–Crippen LogP) is 1.23. The number of primary sulfonamides is 1. The molecule has 0 heterocycles. The molecule has 0 radical (unpaired) electrons. The Hall–Kier alpha value is -1.51. The van der Waals surface area contributed by atoms with E-state index < -0.39 is 32.2 Å². The summed E-state index contributed by atoms with van der Waals surface area (Å²) in [6.07, 6.45) is 0. The van der Waals surface area contributed by atoms with Gasteiger partial charge in [0, 0.05) is 5.69 Å². The molecule has 0 fully saturated rings. The van der Waals surface area contributed by atoms with Crippen LogP contribution in [0.15, 0.2) is 23.1 Å². The third-order valence-electron chi connectivity index (χ3n) is 2.16. The third kappa shape index (κ3) is 5.24. The van der Waals surface area contributed by atoms with Gasteiger partial charge in [-0.2, -0.15) is 0 Å². The Balaban J connectivity index is 2.76. The van der Waals surface area contributed by atoms with Crippen molar-refractivity contribution in [3.05, 3.63) is 24.0 Å². The minimum absolute atomic E-state index is 0.123. The second kappa shape index (κ2) is 5.86. The van der Waals surface area contributed by atoms with Crippen LogP contribution >= 0.6 is 0 Å². The van der Waals surface area contributed by atoms with E-state index in [9.17, 15) is 17.6 Å². The van der Waals surface area contributed by atoms with Gasteiger partial charge in [-0.1, -0.05) is 0 Å². The maximum Gasteiger partial charge on any atom is 0.250 e. The molecule has 112 valence electrons. The van der Waals surface area contributed by atoms with E-state index in [-0.39, 0.29) is 12.3 Å². The molecule has 0 spiro atoms. The van der Waals surface area contributed by atoms with E-state index in [1.807, 2.05) is 0 Å². The third-order valence-corrected chi connectivity index (χ3v) is 3.10. The number of nitrogens with two attached hydrogens (primary N) is 1. The second-order valence-corrected chi connectivity index (χ2v) is 6.67. The molecule has 0 bridgehead atoms. The highest BCUT2D eigenvalue weighted by Gasteiger charge is 2.16. The number of amides is 1. The molecule has 3 N–H and O–H groups in total. The van der Waals surface area contributed by atoms with Gasteiger partial charge >= 0.3 is 0 Å². The van der Waals surface area contributed by atoms with E-state index in [2.05, 4.69) is 5.32 Å². The fraction of sp³-hybridized carbons (Fsp3) is 0.417. The van der Waals surface area contributed by atoms with Crippen LogP contribution in [0.4, 0.5) is 10.1 Å². The number of anilines is 1. The van der Waals surface area contributed by atoms with Gasteiger partial charge in [-0.3, -0.25) is 4.79 Å². The zero-order valence-corrected chi connectivity index (χ0v) is 12.3. The lowest BCUT2D eigenvalue weighted by atomic mass is 10.2. The lowest BCUT2D eigenvalue weighted by Crippen LogP contribution is -2.27. The molecule has 0 aliphatic rings. The lowest BCUT2D eigenvalue weighted by molar-refractivity contribution is -0.125. The zero-order valence-electron chi connectivity index (χ0n) is 11.4. The Morgan fingerprint density at radius 2 is 2.00 bits per heavy atom. The maximum atomic E-state index is 13.5. The fourth-order valence-electron chi connectivity index (χ4n) is 1.29. The predicted molar refractivity (Wildman–Crippen MR) is 72.1 cm³/mol. The van der Waals surface area contributed by atoms with E-state index in [1.54, 1.807) is 20.8 Å². The van der Waals surface area contributed by atoms with Crippen LogP contribution in [-0.2, 0) is 19.6 Å². The average molecular weight is 304 g/mol. The summed E-state index contributed by atoms with van der Waals surface area (Å²) in [6.45, 7) is 5.19. The normalized spacial score (nSPS) is 12.2. The zero-order chi connectivity index (χ0) is 15.6. The summed E-state index contributed by atoms with van der Waals surface area (Å²) in [5, 5.41) is 7.22. The van der Waals surface area contributed by atoms with Crippen molar-refractivity contribution in [1.82, 2.24) is 0 Å². The van der Waals surface area contributed by atoms with Gasteiger partial charge in [0.25, 0.3) is 0 Å². The van der Waals surface area contributed by atoms with E-state index in [1.165, 1.54) is 6.07 Å². The van der Waals surface area contributed by atoms with Gasteiger partial charge in [-0.15, -0.1) is 0 Å². The Kier molecular flexibility index (Phi) is 4.85. The van der Waals surface area contributed by atoms with Crippen molar-refractivity contribution in [2.24, 2.45) is 5.14 Å². The summed E-state index contributed by atoms with van der Waals surface area (Å²) in [4.78, 5) is 10.9. The molecule has 8 heteroatoms. The summed E-state index contributed by atoms with van der Waals surface area (Å²) in [7, 11) is -4.12. The summed E-state index contributed by atoms with van der Waals surface area (Å²) in [5.41, 5.74) is -0.350. The first-order valence-corrected chi connectivity index (χ1v) is 7.30. The van der Waals surface area contributed by atoms with Crippen LogP contribution in [0.2, 0.25) is 0 Å². The number of benzene rings is 1. The number of hydrogen-bond donors (Lipinski definition) is 2. The molecule has 1 amide bonds. The molecule has 0 aromatic heterocycles. The fourth-order valence-corrected chi connectivity index (χ4v) is 1.88. The molecule has 6 nitrogen and oxygen atoms in total. The summed E-state index contributed by atoms with van der Waals surface area (Å²) in [6, 6.07) is 3.12. The number of ether oxygens (including phenoxy) is 1. The highest BCUT2D eigenvalue weighted by molar-refractivity contribution is 7.89. The Labute approximate surface area is 117 Å². The quantitative estimate of drug-likeness (QED) is 0.874. The monoisotopic (exact) mass is 304 g/mol. The van der Waals surface area contributed by atoms with Crippen LogP contribution in [0.3, 0.4) is 0 Å². The topological polar surface area (TPSA) is 98.5 Å². The Morgan fingerprint density at radius 3 is 2.45 bits per heavy atom. The maximum absolute atomic E-state index is 13.5. The first-order chi connectivity index (χ1) is 8.99. The van der Waals surface area contributed by atoms with Crippen LogP contribution in [0.1, 0.15) is 20.8 Å². The second-order valence-electron chi connectivity index (χ2n) is 5.14. The molecule has 0 aliphatic carbocycles. The molecule has 0 unspecified atom stereocenters. The molecule has 20 heavy (non-hydrogen) atoms. The summed E-state index contributed by atoms with van der Waals surface area (Å²) < 4.78 is 40.8. The molecule has 0 saturated heterocycles. The van der Waals surface area contributed by atoms with E-state index >= 15 is 0 Å².